The summed E-state index contributed by atoms with van der Waals surface area (Å²) in [5.41, 5.74) is 3.95. The molecule has 6 heteroatoms. The molecule has 3 aromatic rings. The van der Waals surface area contributed by atoms with Gasteiger partial charge in [0.05, 0.1) is 18.7 Å². The van der Waals surface area contributed by atoms with Gasteiger partial charge in [-0.15, -0.1) is 0 Å². The van der Waals surface area contributed by atoms with Gasteiger partial charge in [-0.05, 0) is 62.6 Å². The van der Waals surface area contributed by atoms with Crippen molar-refractivity contribution in [3.63, 3.8) is 0 Å². The zero-order valence-corrected chi connectivity index (χ0v) is 17.4. The molecule has 1 unspecified atom stereocenters. The molecule has 0 radical (unpaired) electrons. The number of methoxy groups -OCH3 is 1. The minimum atomic E-state index is -0.309. The maximum Gasteiger partial charge on any atom is 0.274 e. The van der Waals surface area contributed by atoms with Crippen molar-refractivity contribution < 1.29 is 18.8 Å². The number of aromatic nitrogens is 1. The second-order valence-electron chi connectivity index (χ2n) is 7.10. The van der Waals surface area contributed by atoms with E-state index in [1.54, 1.807) is 14.0 Å². The number of hydrogen-bond acceptors (Lipinski definition) is 5. The van der Waals surface area contributed by atoms with Crippen LogP contribution >= 0.6 is 0 Å². The van der Waals surface area contributed by atoms with Gasteiger partial charge in [-0.25, -0.2) is 0 Å². The fourth-order valence-electron chi connectivity index (χ4n) is 3.01. The van der Waals surface area contributed by atoms with Gasteiger partial charge in [-0.2, -0.15) is 0 Å². The van der Waals surface area contributed by atoms with Gasteiger partial charge in [-0.3, -0.25) is 4.79 Å². The van der Waals surface area contributed by atoms with E-state index in [2.05, 4.69) is 10.5 Å². The molecule has 29 heavy (non-hydrogen) atoms. The average molecular weight is 394 g/mol. The largest absolute Gasteiger partial charge is 0.497 e. The molecule has 1 atom stereocenters. The third-order valence-corrected chi connectivity index (χ3v) is 4.86. The lowest BCUT2D eigenvalue weighted by molar-refractivity contribution is 0.0928. The Balaban J connectivity index is 1.74. The maximum atomic E-state index is 12.8. The van der Waals surface area contributed by atoms with E-state index < -0.39 is 0 Å². The number of ether oxygens (including phenoxy) is 2. The van der Waals surface area contributed by atoms with Gasteiger partial charge >= 0.3 is 0 Å². The molecule has 0 saturated heterocycles. The van der Waals surface area contributed by atoms with E-state index in [-0.39, 0.29) is 24.2 Å². The van der Waals surface area contributed by atoms with Crippen LogP contribution in [0.15, 0.2) is 47.0 Å². The topological polar surface area (TPSA) is 73.6 Å². The number of amides is 1. The molecule has 6 nitrogen and oxygen atoms in total. The molecular weight excluding hydrogens is 368 g/mol. The molecule has 0 aliphatic heterocycles. The highest BCUT2D eigenvalue weighted by Gasteiger charge is 2.22. The first-order valence-electron chi connectivity index (χ1n) is 9.49. The second kappa shape index (κ2) is 8.82. The highest BCUT2D eigenvalue weighted by molar-refractivity contribution is 5.94. The number of carbonyl (C=O) groups excluding carboxylic acids is 1. The average Bonchev–Trinajstić information content (AvgIpc) is 3.09. The Labute approximate surface area is 170 Å². The molecule has 1 aromatic heterocycles. The molecule has 0 bridgehead atoms. The first-order chi connectivity index (χ1) is 13.9. The molecule has 1 amide bonds. The van der Waals surface area contributed by atoms with Crippen molar-refractivity contribution in [1.29, 1.82) is 0 Å². The molecule has 0 aliphatic carbocycles. The Morgan fingerprint density at radius 2 is 1.97 bits per heavy atom. The number of benzene rings is 2. The zero-order chi connectivity index (χ0) is 21.0. The van der Waals surface area contributed by atoms with Crippen LogP contribution in [0.25, 0.3) is 0 Å². The molecule has 152 valence electrons. The normalized spacial score (nSPS) is 11.8. The Hall–Kier alpha value is -3.28. The molecule has 0 saturated carbocycles. The van der Waals surface area contributed by atoms with Crippen molar-refractivity contribution >= 4 is 5.91 Å². The van der Waals surface area contributed by atoms with Crippen LogP contribution in [0.1, 0.15) is 51.5 Å². The maximum absolute atomic E-state index is 12.8. The van der Waals surface area contributed by atoms with Gasteiger partial charge < -0.3 is 19.3 Å². The number of nitrogens with one attached hydrogen (secondary N) is 1. The first kappa shape index (κ1) is 20.5. The van der Waals surface area contributed by atoms with Crippen molar-refractivity contribution in [1.82, 2.24) is 10.5 Å². The van der Waals surface area contributed by atoms with E-state index in [9.17, 15) is 4.79 Å². The van der Waals surface area contributed by atoms with E-state index in [4.69, 9.17) is 14.0 Å². The number of carbonyl (C=O) groups is 1. The van der Waals surface area contributed by atoms with Gasteiger partial charge in [0, 0.05) is 0 Å². The van der Waals surface area contributed by atoms with Gasteiger partial charge in [0.15, 0.2) is 5.69 Å². The minimum Gasteiger partial charge on any atom is -0.497 e. The highest BCUT2D eigenvalue weighted by atomic mass is 16.5. The van der Waals surface area contributed by atoms with Crippen molar-refractivity contribution in [2.75, 3.05) is 7.11 Å². The van der Waals surface area contributed by atoms with Gasteiger partial charge in [0.1, 0.15) is 23.9 Å². The molecular formula is C23H26N2O4. The van der Waals surface area contributed by atoms with Crippen molar-refractivity contribution in [2.45, 2.75) is 40.3 Å². The Kier molecular flexibility index (Phi) is 6.22. The van der Waals surface area contributed by atoms with Crippen LogP contribution in [0.5, 0.6) is 11.5 Å². The van der Waals surface area contributed by atoms with E-state index in [1.807, 2.05) is 63.2 Å². The number of hydrogen-bond donors (Lipinski definition) is 1. The van der Waals surface area contributed by atoms with E-state index in [1.165, 1.54) is 0 Å². The summed E-state index contributed by atoms with van der Waals surface area (Å²) in [7, 11) is 1.61. The predicted molar refractivity (Wildman–Crippen MR) is 110 cm³/mol. The number of nitrogens with zero attached hydrogens (tertiary/aromatic N) is 1. The smallest absolute Gasteiger partial charge is 0.274 e. The van der Waals surface area contributed by atoms with Gasteiger partial charge in [0.2, 0.25) is 0 Å². The molecule has 2 aromatic carbocycles. The van der Waals surface area contributed by atoms with Crippen molar-refractivity contribution in [3.8, 4) is 11.5 Å². The molecule has 0 spiro atoms. The van der Waals surface area contributed by atoms with Crippen LogP contribution in [0.4, 0.5) is 0 Å². The Morgan fingerprint density at radius 1 is 1.17 bits per heavy atom. The summed E-state index contributed by atoms with van der Waals surface area (Å²) in [5, 5.41) is 6.92. The fraction of sp³-hybridized carbons (Fsp3) is 0.304. The Bertz CT molecular complexity index is 1010. The van der Waals surface area contributed by atoms with Crippen LogP contribution in [0.2, 0.25) is 0 Å². The van der Waals surface area contributed by atoms with Crippen LogP contribution in [0, 0.1) is 20.8 Å². The molecule has 1 heterocycles. The van der Waals surface area contributed by atoms with Gasteiger partial charge in [0.25, 0.3) is 5.91 Å². The lowest BCUT2D eigenvalue weighted by Gasteiger charge is -2.15. The number of rotatable bonds is 7. The van der Waals surface area contributed by atoms with Gasteiger partial charge in [-0.1, -0.05) is 29.4 Å². The summed E-state index contributed by atoms with van der Waals surface area (Å²) in [6.45, 7) is 7.88. The quantitative estimate of drug-likeness (QED) is 0.630. The fourth-order valence-corrected chi connectivity index (χ4v) is 3.01. The van der Waals surface area contributed by atoms with Crippen LogP contribution < -0.4 is 14.8 Å². The summed E-state index contributed by atoms with van der Waals surface area (Å²) in [5.74, 6) is 1.77. The Morgan fingerprint density at radius 3 is 2.72 bits per heavy atom. The summed E-state index contributed by atoms with van der Waals surface area (Å²) in [6, 6.07) is 13.4. The lowest BCUT2D eigenvalue weighted by atomic mass is 10.1. The highest BCUT2D eigenvalue weighted by Crippen LogP contribution is 2.23. The second-order valence-corrected chi connectivity index (χ2v) is 7.10. The minimum absolute atomic E-state index is 0.204. The summed E-state index contributed by atoms with van der Waals surface area (Å²) in [4.78, 5) is 12.8. The summed E-state index contributed by atoms with van der Waals surface area (Å²) >= 11 is 0. The molecule has 0 aliphatic rings. The van der Waals surface area contributed by atoms with Crippen LogP contribution in [-0.4, -0.2) is 18.2 Å². The summed E-state index contributed by atoms with van der Waals surface area (Å²) in [6.07, 6.45) is 0. The summed E-state index contributed by atoms with van der Waals surface area (Å²) < 4.78 is 16.5. The standard InChI is InChI=1S/C23H26N2O4/c1-14-9-10-15(2)21(11-14)28-13-20-17(4)29-25-22(20)23(26)24-16(3)18-7-6-8-19(12-18)27-5/h6-12,16H,13H2,1-5H3,(H,24,26). The predicted octanol–water partition coefficient (Wildman–Crippen LogP) is 4.68. The third kappa shape index (κ3) is 4.77. The SMILES string of the molecule is COc1cccc(C(C)NC(=O)c2noc(C)c2COc2cc(C)ccc2C)c1. The van der Waals surface area contributed by atoms with Crippen LogP contribution in [-0.2, 0) is 6.61 Å². The van der Waals surface area contributed by atoms with E-state index in [0.717, 1.165) is 28.2 Å². The number of aryl methyl sites for hydroxylation is 3. The van der Waals surface area contributed by atoms with Crippen LogP contribution in [0.3, 0.4) is 0 Å². The lowest BCUT2D eigenvalue weighted by Crippen LogP contribution is -2.28. The third-order valence-electron chi connectivity index (χ3n) is 4.86. The van der Waals surface area contributed by atoms with E-state index in [0.29, 0.717) is 11.3 Å². The van der Waals surface area contributed by atoms with Crippen molar-refractivity contribution in [3.05, 3.63) is 76.2 Å². The molecule has 3 rings (SSSR count). The molecule has 1 N–H and O–H groups in total. The van der Waals surface area contributed by atoms with E-state index >= 15 is 0 Å². The van der Waals surface area contributed by atoms with Crippen molar-refractivity contribution in [2.24, 2.45) is 0 Å². The zero-order valence-electron chi connectivity index (χ0n) is 17.4. The monoisotopic (exact) mass is 394 g/mol. The molecule has 0 fully saturated rings. The first-order valence-corrected chi connectivity index (χ1v) is 9.49.